The Labute approximate surface area is 140 Å². The molecule has 3 rings (SSSR count). The number of H-pyrrole nitrogens is 1. The van der Waals surface area contributed by atoms with Gasteiger partial charge in [-0.05, 0) is 31.2 Å². The van der Waals surface area contributed by atoms with Gasteiger partial charge in [0.1, 0.15) is 17.3 Å². The van der Waals surface area contributed by atoms with Gasteiger partial charge < -0.3 is 5.32 Å². The van der Waals surface area contributed by atoms with Crippen LogP contribution in [0.1, 0.15) is 28.8 Å². The Morgan fingerprint density at radius 3 is 3.09 bits per heavy atom. The summed E-state index contributed by atoms with van der Waals surface area (Å²) in [5.74, 6) is -0.154. The van der Waals surface area contributed by atoms with Crippen LogP contribution in [-0.4, -0.2) is 26.8 Å². The van der Waals surface area contributed by atoms with E-state index in [4.69, 9.17) is 0 Å². The number of fused-ring (bicyclic) bond motifs is 1. The molecule has 0 bridgehead atoms. The quantitative estimate of drug-likeness (QED) is 0.814. The van der Waals surface area contributed by atoms with Crippen LogP contribution < -0.4 is 10.9 Å². The SMILES string of the molecule is N#Cc1c(NC(=O)CSc2nncc(=O)[nH]2)sc2c1CCCC2. The van der Waals surface area contributed by atoms with Gasteiger partial charge in [-0.15, -0.1) is 16.4 Å². The molecule has 0 aromatic carbocycles. The summed E-state index contributed by atoms with van der Waals surface area (Å²) >= 11 is 2.58. The van der Waals surface area contributed by atoms with Gasteiger partial charge in [0.25, 0.3) is 5.56 Å². The lowest BCUT2D eigenvalue weighted by Gasteiger charge is -2.09. The van der Waals surface area contributed by atoms with E-state index in [0.717, 1.165) is 49.2 Å². The average Bonchev–Trinajstić information content (AvgIpc) is 2.90. The van der Waals surface area contributed by atoms with Gasteiger partial charge in [-0.1, -0.05) is 11.8 Å². The number of carbonyl (C=O) groups is 1. The fourth-order valence-corrected chi connectivity index (χ4v) is 4.30. The molecule has 0 atom stereocenters. The van der Waals surface area contributed by atoms with Crippen molar-refractivity contribution in [1.29, 1.82) is 5.26 Å². The molecule has 0 radical (unpaired) electrons. The molecule has 0 saturated heterocycles. The molecule has 0 spiro atoms. The second-order valence-electron chi connectivity index (χ2n) is 5.00. The van der Waals surface area contributed by atoms with E-state index in [1.54, 1.807) is 0 Å². The summed E-state index contributed by atoms with van der Waals surface area (Å²) < 4.78 is 0. The van der Waals surface area contributed by atoms with Crippen molar-refractivity contribution in [2.24, 2.45) is 0 Å². The summed E-state index contributed by atoms with van der Waals surface area (Å²) in [6.45, 7) is 0. The fraction of sp³-hybridized carbons (Fsp3) is 0.357. The van der Waals surface area contributed by atoms with E-state index in [1.807, 2.05) is 0 Å². The first-order chi connectivity index (χ1) is 11.2. The number of thiophene rings is 1. The normalized spacial score (nSPS) is 13.2. The Hall–Kier alpha value is -2.18. The molecule has 2 aromatic rings. The first-order valence-electron chi connectivity index (χ1n) is 7.06. The third kappa shape index (κ3) is 3.60. The molecule has 1 amide bonds. The topological polar surface area (TPSA) is 112 Å². The number of hydrogen-bond donors (Lipinski definition) is 2. The van der Waals surface area contributed by atoms with Crippen molar-refractivity contribution in [3.8, 4) is 6.07 Å². The summed E-state index contributed by atoms with van der Waals surface area (Å²) in [5, 5.41) is 20.3. The molecule has 0 unspecified atom stereocenters. The molecule has 0 fully saturated rings. The Morgan fingerprint density at radius 2 is 2.30 bits per heavy atom. The van der Waals surface area contributed by atoms with Crippen molar-refractivity contribution in [2.75, 3.05) is 11.1 Å². The van der Waals surface area contributed by atoms with E-state index < -0.39 is 0 Å². The maximum Gasteiger partial charge on any atom is 0.270 e. The largest absolute Gasteiger partial charge is 0.316 e. The van der Waals surface area contributed by atoms with Gasteiger partial charge in [-0.25, -0.2) is 0 Å². The second-order valence-corrected chi connectivity index (χ2v) is 7.07. The van der Waals surface area contributed by atoms with Gasteiger partial charge >= 0.3 is 0 Å². The van der Waals surface area contributed by atoms with Gasteiger partial charge in [-0.3, -0.25) is 14.6 Å². The number of carbonyl (C=O) groups excluding carboxylic acids is 1. The molecule has 1 aliphatic rings. The molecule has 0 saturated carbocycles. The first kappa shape index (κ1) is 15.7. The van der Waals surface area contributed by atoms with Crippen LogP contribution in [-0.2, 0) is 17.6 Å². The maximum atomic E-state index is 12.1. The lowest BCUT2D eigenvalue weighted by Crippen LogP contribution is -2.15. The van der Waals surface area contributed by atoms with Crippen LogP contribution in [0.3, 0.4) is 0 Å². The summed E-state index contributed by atoms with van der Waals surface area (Å²) in [5.41, 5.74) is 1.32. The minimum atomic E-state index is -0.361. The minimum Gasteiger partial charge on any atom is -0.316 e. The van der Waals surface area contributed by atoms with E-state index >= 15 is 0 Å². The minimum absolute atomic E-state index is 0.0854. The number of amides is 1. The highest BCUT2D eigenvalue weighted by Gasteiger charge is 2.21. The number of nitrogens with one attached hydrogen (secondary N) is 2. The van der Waals surface area contributed by atoms with E-state index in [1.165, 1.54) is 16.2 Å². The van der Waals surface area contributed by atoms with Crippen molar-refractivity contribution in [3.63, 3.8) is 0 Å². The van der Waals surface area contributed by atoms with Crippen molar-refractivity contribution in [3.05, 3.63) is 32.6 Å². The van der Waals surface area contributed by atoms with Gasteiger partial charge in [0, 0.05) is 4.88 Å². The molecule has 118 valence electrons. The molecule has 2 heterocycles. The smallest absolute Gasteiger partial charge is 0.270 e. The van der Waals surface area contributed by atoms with Crippen LogP contribution in [0.2, 0.25) is 0 Å². The zero-order chi connectivity index (χ0) is 16.2. The molecule has 23 heavy (non-hydrogen) atoms. The second kappa shape index (κ2) is 6.93. The van der Waals surface area contributed by atoms with E-state index in [9.17, 15) is 14.9 Å². The monoisotopic (exact) mass is 347 g/mol. The highest BCUT2D eigenvalue weighted by atomic mass is 32.2. The Morgan fingerprint density at radius 1 is 1.48 bits per heavy atom. The lowest BCUT2D eigenvalue weighted by molar-refractivity contribution is -0.113. The number of hydrogen-bond acceptors (Lipinski definition) is 7. The molecular weight excluding hydrogens is 334 g/mol. The molecule has 7 nitrogen and oxygen atoms in total. The van der Waals surface area contributed by atoms with Crippen LogP contribution >= 0.6 is 23.1 Å². The van der Waals surface area contributed by atoms with Crippen LogP contribution in [0.5, 0.6) is 0 Å². The number of aromatic amines is 1. The van der Waals surface area contributed by atoms with E-state index in [0.29, 0.717) is 15.7 Å². The number of nitriles is 1. The third-order valence-electron chi connectivity index (χ3n) is 3.43. The zero-order valence-electron chi connectivity index (χ0n) is 12.1. The van der Waals surface area contributed by atoms with Gasteiger partial charge in [0.2, 0.25) is 5.91 Å². The van der Waals surface area contributed by atoms with Crippen molar-refractivity contribution >= 4 is 34.0 Å². The van der Waals surface area contributed by atoms with Crippen LogP contribution in [0.25, 0.3) is 0 Å². The number of nitrogens with zero attached hydrogens (tertiary/aromatic N) is 3. The zero-order valence-corrected chi connectivity index (χ0v) is 13.7. The summed E-state index contributed by atoms with van der Waals surface area (Å²) in [6.07, 6.45) is 5.16. The molecule has 1 aliphatic carbocycles. The molecule has 2 aromatic heterocycles. The number of rotatable bonds is 4. The van der Waals surface area contributed by atoms with Crippen molar-refractivity contribution < 1.29 is 4.79 Å². The fourth-order valence-electron chi connectivity index (χ4n) is 2.43. The van der Waals surface area contributed by atoms with E-state index in [-0.39, 0.29) is 17.2 Å². The number of anilines is 1. The lowest BCUT2D eigenvalue weighted by atomic mass is 9.96. The first-order valence-corrected chi connectivity index (χ1v) is 8.87. The standard InChI is InChI=1S/C14H13N5O2S2/c15-5-9-8-3-1-2-4-10(8)23-13(9)17-12(21)7-22-14-18-11(20)6-16-19-14/h6H,1-4,7H2,(H,17,21)(H,18,19,20). The summed E-state index contributed by atoms with van der Waals surface area (Å²) in [6, 6.07) is 2.21. The number of thioether (sulfide) groups is 1. The summed E-state index contributed by atoms with van der Waals surface area (Å²) in [4.78, 5) is 26.9. The maximum absolute atomic E-state index is 12.1. The van der Waals surface area contributed by atoms with Crippen LogP contribution in [0, 0.1) is 11.3 Å². The van der Waals surface area contributed by atoms with E-state index in [2.05, 4.69) is 26.6 Å². The predicted molar refractivity (Wildman–Crippen MR) is 87.7 cm³/mol. The molecule has 0 aliphatic heterocycles. The van der Waals surface area contributed by atoms with Crippen molar-refractivity contribution in [2.45, 2.75) is 30.8 Å². The highest BCUT2D eigenvalue weighted by Crippen LogP contribution is 2.37. The predicted octanol–water partition coefficient (Wildman–Crippen LogP) is 1.71. The van der Waals surface area contributed by atoms with Crippen LogP contribution in [0.15, 0.2) is 16.1 Å². The molecular formula is C14H13N5O2S2. The Bertz CT molecular complexity index is 836. The Kier molecular flexibility index (Phi) is 4.73. The van der Waals surface area contributed by atoms with Crippen molar-refractivity contribution in [1.82, 2.24) is 15.2 Å². The van der Waals surface area contributed by atoms with Gasteiger partial charge in [-0.2, -0.15) is 10.4 Å². The third-order valence-corrected chi connectivity index (χ3v) is 5.50. The summed E-state index contributed by atoms with van der Waals surface area (Å²) in [7, 11) is 0. The van der Waals surface area contributed by atoms with Gasteiger partial charge in [0.05, 0.1) is 11.3 Å². The average molecular weight is 347 g/mol. The molecule has 2 N–H and O–H groups in total. The molecule has 9 heteroatoms. The Balaban J connectivity index is 1.67. The van der Waals surface area contributed by atoms with Gasteiger partial charge in [0.15, 0.2) is 5.16 Å². The number of aromatic nitrogens is 3. The number of aryl methyl sites for hydroxylation is 1. The van der Waals surface area contributed by atoms with Crippen LogP contribution in [0.4, 0.5) is 5.00 Å². The highest BCUT2D eigenvalue weighted by molar-refractivity contribution is 7.99.